The minimum atomic E-state index is -4.75. The molecule has 0 aliphatic carbocycles. The summed E-state index contributed by atoms with van der Waals surface area (Å²) in [5.74, 6) is -1.52. The van der Waals surface area contributed by atoms with Crippen LogP contribution in [0.15, 0.2) is 137 Å². The molecule has 0 aliphatic heterocycles. The van der Waals surface area contributed by atoms with Crippen LogP contribution in [0.4, 0.5) is 24.5 Å². The molecule has 3 N–H and O–H groups in total. The van der Waals surface area contributed by atoms with E-state index in [2.05, 4.69) is 16.0 Å². The molecule has 4 aromatic carbocycles. The first-order chi connectivity index (χ1) is 22.6. The first kappa shape index (κ1) is 33.1. The van der Waals surface area contributed by atoms with Crippen LogP contribution in [0.2, 0.25) is 5.02 Å². The highest BCUT2D eigenvalue weighted by Crippen LogP contribution is 2.40. The molecular formula is C35H25ClF3N3O4S. The van der Waals surface area contributed by atoms with Crippen LogP contribution in [-0.4, -0.2) is 17.7 Å². The first-order valence-electron chi connectivity index (χ1n) is 14.0. The van der Waals surface area contributed by atoms with E-state index in [1.807, 2.05) is 0 Å². The molecule has 1 aromatic heterocycles. The number of furan rings is 1. The molecule has 47 heavy (non-hydrogen) atoms. The van der Waals surface area contributed by atoms with Gasteiger partial charge in [-0.1, -0.05) is 66.2 Å². The molecule has 12 heteroatoms. The Morgan fingerprint density at radius 3 is 2.21 bits per heavy atom. The van der Waals surface area contributed by atoms with Gasteiger partial charge in [0.2, 0.25) is 5.91 Å². The molecule has 0 radical (unpaired) electrons. The Morgan fingerprint density at radius 1 is 0.809 bits per heavy atom. The zero-order chi connectivity index (χ0) is 33.4. The normalized spacial score (nSPS) is 12.2. The average Bonchev–Trinajstić information content (AvgIpc) is 3.58. The van der Waals surface area contributed by atoms with Crippen molar-refractivity contribution in [3.8, 4) is 0 Å². The van der Waals surface area contributed by atoms with Gasteiger partial charge in [0.25, 0.3) is 11.8 Å². The van der Waals surface area contributed by atoms with Crippen LogP contribution in [-0.2, 0) is 15.8 Å². The molecule has 5 aromatic rings. The summed E-state index contributed by atoms with van der Waals surface area (Å²) in [7, 11) is 0. The lowest BCUT2D eigenvalue weighted by Crippen LogP contribution is -2.30. The highest BCUT2D eigenvalue weighted by Gasteiger charge is 2.35. The molecule has 1 unspecified atom stereocenters. The second kappa shape index (κ2) is 14.9. The number of hydrogen-bond donors (Lipinski definition) is 3. The van der Waals surface area contributed by atoms with Gasteiger partial charge in [0.15, 0.2) is 0 Å². The number of amides is 3. The number of hydrogen-bond acceptors (Lipinski definition) is 5. The van der Waals surface area contributed by atoms with Crippen molar-refractivity contribution in [3.63, 3.8) is 0 Å². The summed E-state index contributed by atoms with van der Waals surface area (Å²) in [6.45, 7) is 0. The van der Waals surface area contributed by atoms with Gasteiger partial charge >= 0.3 is 6.18 Å². The molecule has 7 nitrogen and oxygen atoms in total. The smallest absolute Gasteiger partial charge is 0.418 e. The molecular weight excluding hydrogens is 651 g/mol. The Hall–Kier alpha value is -5.26. The van der Waals surface area contributed by atoms with Crippen LogP contribution in [0.3, 0.4) is 0 Å². The summed E-state index contributed by atoms with van der Waals surface area (Å²) in [5.41, 5.74) is -0.365. The van der Waals surface area contributed by atoms with Crippen molar-refractivity contribution in [2.75, 3.05) is 10.6 Å². The zero-order valence-electron chi connectivity index (χ0n) is 24.3. The van der Waals surface area contributed by atoms with Crippen molar-refractivity contribution in [3.05, 3.63) is 155 Å². The lowest BCUT2D eigenvalue weighted by Gasteiger charge is -2.20. The van der Waals surface area contributed by atoms with E-state index >= 15 is 0 Å². The molecule has 1 atom stereocenters. The molecule has 238 valence electrons. The SMILES string of the molecule is O=C(Nc1cccc(SC(C(=O)Nc2ccc(Cl)cc2C(F)(F)F)c2ccccc2)c1)/C(=C/c1ccco1)NC(=O)c1ccccc1. The number of rotatable bonds is 10. The summed E-state index contributed by atoms with van der Waals surface area (Å²) in [4.78, 5) is 40.3. The zero-order valence-corrected chi connectivity index (χ0v) is 25.8. The molecule has 5 rings (SSSR count). The van der Waals surface area contributed by atoms with Crippen LogP contribution in [0, 0.1) is 0 Å². The van der Waals surface area contributed by atoms with E-state index < -0.39 is 40.4 Å². The topological polar surface area (TPSA) is 100 Å². The number of nitrogens with one attached hydrogen (secondary N) is 3. The second-order valence-electron chi connectivity index (χ2n) is 9.96. The Morgan fingerprint density at radius 2 is 1.53 bits per heavy atom. The number of halogens is 4. The van der Waals surface area contributed by atoms with E-state index in [-0.39, 0.29) is 10.7 Å². The Kier molecular flexibility index (Phi) is 10.5. The van der Waals surface area contributed by atoms with Crippen LogP contribution < -0.4 is 16.0 Å². The van der Waals surface area contributed by atoms with Crippen LogP contribution in [0.1, 0.15) is 32.5 Å². The molecule has 0 fully saturated rings. The number of anilines is 2. The third-order valence-electron chi connectivity index (χ3n) is 6.59. The summed E-state index contributed by atoms with van der Waals surface area (Å²) in [6.07, 6.45) is -1.94. The van der Waals surface area contributed by atoms with Crippen LogP contribution >= 0.6 is 23.4 Å². The monoisotopic (exact) mass is 675 g/mol. The van der Waals surface area contributed by atoms with E-state index in [1.165, 1.54) is 18.4 Å². The predicted molar refractivity (Wildman–Crippen MR) is 176 cm³/mol. The van der Waals surface area contributed by atoms with Crippen molar-refractivity contribution in [2.24, 2.45) is 0 Å². The lowest BCUT2D eigenvalue weighted by molar-refractivity contribution is -0.137. The van der Waals surface area contributed by atoms with Gasteiger partial charge in [0.1, 0.15) is 16.7 Å². The number of thioether (sulfide) groups is 1. The summed E-state index contributed by atoms with van der Waals surface area (Å²) >= 11 is 6.88. The van der Waals surface area contributed by atoms with Crippen LogP contribution in [0.5, 0.6) is 0 Å². The lowest BCUT2D eigenvalue weighted by atomic mass is 10.1. The maximum atomic E-state index is 13.7. The van der Waals surface area contributed by atoms with E-state index in [1.54, 1.807) is 97.1 Å². The Balaban J connectivity index is 1.38. The number of carbonyl (C=O) groups excluding carboxylic acids is 3. The van der Waals surface area contributed by atoms with E-state index in [0.29, 0.717) is 27.5 Å². The van der Waals surface area contributed by atoms with Gasteiger partial charge < -0.3 is 20.4 Å². The summed E-state index contributed by atoms with van der Waals surface area (Å²) < 4.78 is 46.5. The maximum absolute atomic E-state index is 13.7. The third-order valence-corrected chi connectivity index (χ3v) is 8.07. The van der Waals surface area contributed by atoms with Crippen molar-refractivity contribution in [1.82, 2.24) is 5.32 Å². The quantitative estimate of drug-likeness (QED) is 0.101. The largest absolute Gasteiger partial charge is 0.465 e. The van der Waals surface area contributed by atoms with E-state index in [9.17, 15) is 27.6 Å². The second-order valence-corrected chi connectivity index (χ2v) is 11.6. The number of alkyl halides is 3. The standard InChI is InChI=1S/C35H25ClF3N3O4S/c36-24-16-17-29(28(19-24)35(37,38)39)41-34(45)31(22-9-3-1-4-10-22)47-27-15-7-13-25(20-27)40-33(44)30(21-26-14-8-18-46-26)42-32(43)23-11-5-2-6-12-23/h1-21,31H,(H,40,44)(H,41,45)(H,42,43)/b30-21-. The predicted octanol–water partition coefficient (Wildman–Crippen LogP) is 8.83. The van der Waals surface area contributed by atoms with Gasteiger partial charge in [-0.15, -0.1) is 11.8 Å². The minimum Gasteiger partial charge on any atom is -0.465 e. The van der Waals surface area contributed by atoms with Gasteiger partial charge in [0.05, 0.1) is 17.5 Å². The molecule has 0 bridgehead atoms. The Labute approximate surface area is 276 Å². The highest BCUT2D eigenvalue weighted by atomic mass is 35.5. The van der Waals surface area contributed by atoms with Crippen molar-refractivity contribution < 1.29 is 32.0 Å². The third kappa shape index (κ3) is 8.93. The fourth-order valence-electron chi connectivity index (χ4n) is 4.40. The van der Waals surface area contributed by atoms with Crippen LogP contribution in [0.25, 0.3) is 6.08 Å². The summed E-state index contributed by atoms with van der Waals surface area (Å²) in [6, 6.07) is 29.9. The molecule has 0 saturated carbocycles. The highest BCUT2D eigenvalue weighted by molar-refractivity contribution is 8.00. The molecule has 0 spiro atoms. The Bertz CT molecular complexity index is 1900. The van der Waals surface area contributed by atoms with Crippen molar-refractivity contribution in [2.45, 2.75) is 16.3 Å². The van der Waals surface area contributed by atoms with Crippen molar-refractivity contribution in [1.29, 1.82) is 0 Å². The maximum Gasteiger partial charge on any atom is 0.418 e. The fourth-order valence-corrected chi connectivity index (χ4v) is 5.65. The van der Waals surface area contributed by atoms with Crippen molar-refractivity contribution >= 4 is 58.5 Å². The number of benzene rings is 4. The summed E-state index contributed by atoms with van der Waals surface area (Å²) in [5, 5.41) is 6.69. The molecule has 3 amide bonds. The minimum absolute atomic E-state index is 0.0863. The molecule has 1 heterocycles. The fraction of sp³-hybridized carbons (Fsp3) is 0.0571. The van der Waals surface area contributed by atoms with Gasteiger partial charge in [-0.2, -0.15) is 13.2 Å². The molecule has 0 aliphatic rings. The molecule has 0 saturated heterocycles. The first-order valence-corrected chi connectivity index (χ1v) is 15.2. The van der Waals surface area contributed by atoms with Gasteiger partial charge in [-0.3, -0.25) is 14.4 Å². The number of carbonyl (C=O) groups is 3. The van der Waals surface area contributed by atoms with Gasteiger partial charge in [0, 0.05) is 27.2 Å². The van der Waals surface area contributed by atoms with Gasteiger partial charge in [-0.25, -0.2) is 0 Å². The van der Waals surface area contributed by atoms with E-state index in [4.69, 9.17) is 16.0 Å². The van der Waals surface area contributed by atoms with E-state index in [0.717, 1.165) is 23.9 Å². The van der Waals surface area contributed by atoms with Gasteiger partial charge in [-0.05, 0) is 66.2 Å². The average molecular weight is 676 g/mol.